The van der Waals surface area contributed by atoms with Crippen LogP contribution in [0.25, 0.3) is 11.2 Å². The van der Waals surface area contributed by atoms with Crippen LogP contribution in [0.2, 0.25) is 0 Å². The molecule has 1 aliphatic carbocycles. The topological polar surface area (TPSA) is 122 Å². The molecule has 1 aliphatic heterocycles. The summed E-state index contributed by atoms with van der Waals surface area (Å²) in [5.74, 6) is 0. The highest BCUT2D eigenvalue weighted by atomic mass is 16.2. The second kappa shape index (κ2) is 8.05. The molecule has 4 heterocycles. The van der Waals surface area contributed by atoms with Gasteiger partial charge in [0, 0.05) is 25.3 Å². The number of amides is 2. The molecular weight excluding hydrogens is 394 g/mol. The number of pyridine rings is 2. The van der Waals surface area contributed by atoms with Gasteiger partial charge in [-0.25, -0.2) is 14.6 Å². The molecule has 1 fully saturated rings. The standard InChI is InChI=1S/C22H27N7O2/c23-15-12-14-4-1-2-5-17(19(14)25-13-15)26-21(30)28-10-7-16(8-11-28)29-18-6-3-9-24-20(18)27-22(29)31/h3,6,9,12-13,16-17H,1-2,4-5,7-8,10-11,23H2,(H,26,30)(H,24,27,31). The molecule has 2 amide bonds. The molecule has 9 heteroatoms. The number of likely N-dealkylation sites (tertiary alicyclic amines) is 1. The highest BCUT2D eigenvalue weighted by Crippen LogP contribution is 2.29. The minimum atomic E-state index is -0.142. The van der Waals surface area contributed by atoms with Crippen molar-refractivity contribution in [2.75, 3.05) is 18.8 Å². The number of urea groups is 1. The number of carbonyl (C=O) groups excluding carboxylic acids is 1. The molecule has 2 aliphatic rings. The van der Waals surface area contributed by atoms with Crippen molar-refractivity contribution in [1.82, 2.24) is 29.7 Å². The number of rotatable bonds is 2. The first kappa shape index (κ1) is 19.6. The van der Waals surface area contributed by atoms with E-state index in [2.05, 4.69) is 20.3 Å². The number of aryl methyl sites for hydroxylation is 1. The second-order valence-corrected chi connectivity index (χ2v) is 8.45. The molecule has 1 saturated heterocycles. The molecule has 1 unspecified atom stereocenters. The Labute approximate surface area is 179 Å². The molecule has 0 bridgehead atoms. The van der Waals surface area contributed by atoms with Crippen molar-refractivity contribution in [3.8, 4) is 0 Å². The molecule has 3 aromatic heterocycles. The number of H-pyrrole nitrogens is 1. The highest BCUT2D eigenvalue weighted by molar-refractivity contribution is 5.75. The lowest BCUT2D eigenvalue weighted by molar-refractivity contribution is 0.167. The van der Waals surface area contributed by atoms with E-state index in [0.717, 1.165) is 55.3 Å². The van der Waals surface area contributed by atoms with Crippen LogP contribution < -0.4 is 16.7 Å². The van der Waals surface area contributed by atoms with E-state index in [1.165, 1.54) is 0 Å². The Balaban J connectivity index is 1.27. The summed E-state index contributed by atoms with van der Waals surface area (Å²) in [6.45, 7) is 1.20. The SMILES string of the molecule is Nc1cnc2c(c1)CCCCC2NC(=O)N1CCC(n2c(=O)[nH]c3ncccc32)CC1. The summed E-state index contributed by atoms with van der Waals surface area (Å²) in [6, 6.07) is 5.61. The average molecular weight is 422 g/mol. The van der Waals surface area contributed by atoms with E-state index in [0.29, 0.717) is 24.4 Å². The molecule has 31 heavy (non-hydrogen) atoms. The second-order valence-electron chi connectivity index (χ2n) is 8.45. The smallest absolute Gasteiger partial charge is 0.327 e. The van der Waals surface area contributed by atoms with Gasteiger partial charge in [0.05, 0.1) is 29.1 Å². The number of nitrogens with one attached hydrogen (secondary N) is 2. The molecule has 0 saturated carbocycles. The minimum Gasteiger partial charge on any atom is -0.397 e. The number of nitrogens with two attached hydrogens (primary N) is 1. The highest BCUT2D eigenvalue weighted by Gasteiger charge is 2.29. The molecule has 0 aromatic carbocycles. The van der Waals surface area contributed by atoms with Crippen LogP contribution in [0, 0.1) is 0 Å². The lowest BCUT2D eigenvalue weighted by Crippen LogP contribution is -2.46. The third-order valence-electron chi connectivity index (χ3n) is 6.45. The van der Waals surface area contributed by atoms with Crippen LogP contribution in [0.5, 0.6) is 0 Å². The van der Waals surface area contributed by atoms with Gasteiger partial charge in [-0.2, -0.15) is 0 Å². The van der Waals surface area contributed by atoms with Crippen molar-refractivity contribution < 1.29 is 4.79 Å². The first-order valence-corrected chi connectivity index (χ1v) is 10.9. The van der Waals surface area contributed by atoms with Crippen molar-refractivity contribution in [3.05, 3.63) is 52.3 Å². The Morgan fingerprint density at radius 3 is 2.87 bits per heavy atom. The predicted molar refractivity (Wildman–Crippen MR) is 118 cm³/mol. The van der Waals surface area contributed by atoms with Crippen LogP contribution in [-0.4, -0.2) is 43.5 Å². The lowest BCUT2D eigenvalue weighted by atomic mass is 10.0. The van der Waals surface area contributed by atoms with E-state index in [1.54, 1.807) is 17.0 Å². The third-order valence-corrected chi connectivity index (χ3v) is 6.45. The Morgan fingerprint density at radius 2 is 2.03 bits per heavy atom. The summed E-state index contributed by atoms with van der Waals surface area (Å²) in [6.07, 6.45) is 8.73. The molecule has 9 nitrogen and oxygen atoms in total. The zero-order chi connectivity index (χ0) is 21.4. The van der Waals surface area contributed by atoms with Crippen LogP contribution in [0.1, 0.15) is 55.4 Å². The number of aromatic amines is 1. The summed E-state index contributed by atoms with van der Waals surface area (Å²) in [4.78, 5) is 38.9. The number of nitrogens with zero attached hydrogens (tertiary/aromatic N) is 4. The number of aromatic nitrogens is 4. The zero-order valence-electron chi connectivity index (χ0n) is 17.4. The first-order valence-electron chi connectivity index (χ1n) is 10.9. The Morgan fingerprint density at radius 1 is 1.19 bits per heavy atom. The predicted octanol–water partition coefficient (Wildman–Crippen LogP) is 2.52. The van der Waals surface area contributed by atoms with E-state index in [4.69, 9.17) is 5.73 Å². The van der Waals surface area contributed by atoms with Crippen LogP contribution >= 0.6 is 0 Å². The first-order chi connectivity index (χ1) is 15.1. The Bertz CT molecular complexity index is 1160. The maximum atomic E-state index is 13.0. The van der Waals surface area contributed by atoms with Gasteiger partial charge in [0.1, 0.15) is 0 Å². The van der Waals surface area contributed by atoms with Crippen molar-refractivity contribution in [1.29, 1.82) is 0 Å². The molecule has 1 atom stereocenters. The normalized spacial score (nSPS) is 19.7. The quantitative estimate of drug-likeness (QED) is 0.549. The fourth-order valence-corrected chi connectivity index (χ4v) is 4.88. The van der Waals surface area contributed by atoms with E-state index < -0.39 is 0 Å². The summed E-state index contributed by atoms with van der Waals surface area (Å²) in [5.41, 5.74) is 9.92. The van der Waals surface area contributed by atoms with Gasteiger partial charge in [0.2, 0.25) is 0 Å². The van der Waals surface area contributed by atoms with Gasteiger partial charge in [-0.15, -0.1) is 0 Å². The van der Waals surface area contributed by atoms with Crippen molar-refractivity contribution in [3.63, 3.8) is 0 Å². The molecule has 4 N–H and O–H groups in total. The fourth-order valence-electron chi connectivity index (χ4n) is 4.88. The number of hydrogen-bond acceptors (Lipinski definition) is 5. The summed E-state index contributed by atoms with van der Waals surface area (Å²) < 4.78 is 1.79. The molecular formula is C22H27N7O2. The van der Waals surface area contributed by atoms with E-state index in [9.17, 15) is 9.59 Å². The molecule has 5 rings (SSSR count). The monoisotopic (exact) mass is 421 g/mol. The lowest BCUT2D eigenvalue weighted by Gasteiger charge is -2.33. The van der Waals surface area contributed by atoms with E-state index in [1.807, 2.05) is 23.1 Å². The van der Waals surface area contributed by atoms with Crippen LogP contribution in [-0.2, 0) is 6.42 Å². The molecule has 0 spiro atoms. The van der Waals surface area contributed by atoms with Crippen molar-refractivity contribution >= 4 is 22.9 Å². The number of imidazole rings is 1. The van der Waals surface area contributed by atoms with Crippen molar-refractivity contribution in [2.24, 2.45) is 0 Å². The maximum absolute atomic E-state index is 13.0. The molecule has 0 radical (unpaired) electrons. The zero-order valence-corrected chi connectivity index (χ0v) is 17.4. The fraction of sp³-hybridized carbons (Fsp3) is 0.455. The Hall–Kier alpha value is -3.36. The summed E-state index contributed by atoms with van der Waals surface area (Å²) in [7, 11) is 0. The number of piperidine rings is 1. The number of anilines is 1. The van der Waals surface area contributed by atoms with Gasteiger partial charge in [-0.05, 0) is 55.9 Å². The van der Waals surface area contributed by atoms with Gasteiger partial charge in [0.15, 0.2) is 5.65 Å². The summed E-state index contributed by atoms with van der Waals surface area (Å²) >= 11 is 0. The number of carbonyl (C=O) groups is 1. The Kier molecular flexibility index (Phi) is 5.09. The average Bonchev–Trinajstić information content (AvgIpc) is 2.99. The molecule has 3 aromatic rings. The van der Waals surface area contributed by atoms with Crippen LogP contribution in [0.3, 0.4) is 0 Å². The van der Waals surface area contributed by atoms with Gasteiger partial charge in [-0.3, -0.25) is 14.5 Å². The summed E-state index contributed by atoms with van der Waals surface area (Å²) in [5, 5.41) is 3.19. The van der Waals surface area contributed by atoms with Crippen LogP contribution in [0.15, 0.2) is 35.4 Å². The third kappa shape index (κ3) is 3.75. The maximum Gasteiger partial charge on any atom is 0.327 e. The van der Waals surface area contributed by atoms with Gasteiger partial charge in [0.25, 0.3) is 0 Å². The van der Waals surface area contributed by atoms with Gasteiger partial charge >= 0.3 is 11.7 Å². The number of hydrogen-bond donors (Lipinski definition) is 3. The van der Waals surface area contributed by atoms with Crippen LogP contribution in [0.4, 0.5) is 10.5 Å². The van der Waals surface area contributed by atoms with E-state index in [-0.39, 0.29) is 23.8 Å². The van der Waals surface area contributed by atoms with Gasteiger partial charge in [-0.1, -0.05) is 6.42 Å². The minimum absolute atomic E-state index is 0.0535. The van der Waals surface area contributed by atoms with Gasteiger partial charge < -0.3 is 16.0 Å². The van der Waals surface area contributed by atoms with Crippen molar-refractivity contribution in [2.45, 2.75) is 50.6 Å². The number of nitrogen functional groups attached to an aromatic ring is 1. The largest absolute Gasteiger partial charge is 0.397 e. The van der Waals surface area contributed by atoms with E-state index >= 15 is 0 Å². The number of fused-ring (bicyclic) bond motifs is 2. The molecule has 162 valence electrons.